The van der Waals surface area contributed by atoms with Crippen LogP contribution in [0.3, 0.4) is 0 Å². The van der Waals surface area contributed by atoms with Crippen molar-refractivity contribution in [3.05, 3.63) is 12.2 Å². The minimum Gasteiger partial charge on any atom is -0.0996 e. The van der Waals surface area contributed by atoms with E-state index in [1.165, 1.54) is 38.1 Å². The zero-order valence-electron chi connectivity index (χ0n) is 9.53. The molecule has 1 heteroatoms. The molecule has 1 fully saturated rings. The van der Waals surface area contributed by atoms with Crippen molar-refractivity contribution in [2.45, 2.75) is 57.8 Å². The quantitative estimate of drug-likeness (QED) is 0.347. The molecule has 76 valence electrons. The van der Waals surface area contributed by atoms with Gasteiger partial charge in [-0.3, -0.25) is 0 Å². The molecule has 0 nitrogen and oxygen atoms in total. The third-order valence-electron chi connectivity index (χ3n) is 2.99. The fraction of sp³-hybridized carbons (Fsp3) is 0.833. The van der Waals surface area contributed by atoms with E-state index >= 15 is 0 Å². The lowest BCUT2D eigenvalue weighted by molar-refractivity contribution is 0.590. The molecule has 0 amide bonds. The van der Waals surface area contributed by atoms with Gasteiger partial charge in [0.25, 0.3) is 0 Å². The lowest BCUT2D eigenvalue weighted by Gasteiger charge is -2.24. The molecule has 1 aliphatic carbocycles. The van der Waals surface area contributed by atoms with E-state index in [4.69, 9.17) is 0 Å². The Morgan fingerprint density at radius 1 is 1.23 bits per heavy atom. The van der Waals surface area contributed by atoms with Crippen LogP contribution in [-0.4, -0.2) is 8.07 Å². The fourth-order valence-corrected chi connectivity index (χ4v) is 4.28. The van der Waals surface area contributed by atoms with Gasteiger partial charge in [0.2, 0.25) is 0 Å². The van der Waals surface area contributed by atoms with Crippen LogP contribution in [0.15, 0.2) is 12.2 Å². The van der Waals surface area contributed by atoms with E-state index in [1.54, 1.807) is 5.57 Å². The molecule has 0 radical (unpaired) electrons. The first-order chi connectivity index (χ1) is 5.99. The van der Waals surface area contributed by atoms with Crippen molar-refractivity contribution in [1.29, 1.82) is 0 Å². The Balaban J connectivity index is 2.50. The SMILES string of the molecule is C=C1CCCCC[C@@H]1C[Si](C)(C)C. The summed E-state index contributed by atoms with van der Waals surface area (Å²) in [6.07, 6.45) is 6.98. The first-order valence-electron chi connectivity index (χ1n) is 5.67. The van der Waals surface area contributed by atoms with E-state index in [0.717, 1.165) is 5.92 Å². The highest BCUT2D eigenvalue weighted by atomic mass is 28.3. The van der Waals surface area contributed by atoms with Crippen molar-refractivity contribution >= 4 is 8.07 Å². The van der Waals surface area contributed by atoms with Crippen molar-refractivity contribution in [3.63, 3.8) is 0 Å². The molecular weight excluding hydrogens is 172 g/mol. The maximum Gasteiger partial charge on any atom is 0.0448 e. The topological polar surface area (TPSA) is 0 Å². The minimum atomic E-state index is -0.870. The molecule has 0 aromatic carbocycles. The molecule has 0 aliphatic heterocycles. The highest BCUT2D eigenvalue weighted by Gasteiger charge is 2.23. The van der Waals surface area contributed by atoms with Gasteiger partial charge in [0, 0.05) is 8.07 Å². The van der Waals surface area contributed by atoms with E-state index < -0.39 is 8.07 Å². The van der Waals surface area contributed by atoms with Crippen molar-refractivity contribution in [1.82, 2.24) is 0 Å². The smallest absolute Gasteiger partial charge is 0.0448 e. The van der Waals surface area contributed by atoms with Gasteiger partial charge in [0.05, 0.1) is 0 Å². The van der Waals surface area contributed by atoms with E-state index in [1.807, 2.05) is 0 Å². The van der Waals surface area contributed by atoms with Gasteiger partial charge in [-0.25, -0.2) is 0 Å². The van der Waals surface area contributed by atoms with E-state index in [-0.39, 0.29) is 0 Å². The van der Waals surface area contributed by atoms with Crippen LogP contribution in [0.2, 0.25) is 25.7 Å². The van der Waals surface area contributed by atoms with E-state index in [9.17, 15) is 0 Å². The van der Waals surface area contributed by atoms with E-state index in [2.05, 4.69) is 26.2 Å². The summed E-state index contributed by atoms with van der Waals surface area (Å²) >= 11 is 0. The van der Waals surface area contributed by atoms with Gasteiger partial charge in [-0.15, -0.1) is 0 Å². The Hall–Kier alpha value is -0.0431. The second-order valence-electron chi connectivity index (χ2n) is 5.72. The molecule has 0 aromatic heterocycles. The van der Waals surface area contributed by atoms with Gasteiger partial charge in [0.15, 0.2) is 0 Å². The molecule has 0 bridgehead atoms. The largest absolute Gasteiger partial charge is 0.0996 e. The lowest BCUT2D eigenvalue weighted by atomic mass is 9.98. The zero-order valence-corrected chi connectivity index (χ0v) is 10.5. The number of hydrogen-bond acceptors (Lipinski definition) is 0. The van der Waals surface area contributed by atoms with Crippen molar-refractivity contribution < 1.29 is 0 Å². The average Bonchev–Trinajstić information content (AvgIpc) is 2.14. The summed E-state index contributed by atoms with van der Waals surface area (Å²) in [5, 5.41) is 0. The molecule has 0 N–H and O–H groups in total. The predicted molar refractivity (Wildman–Crippen MR) is 63.9 cm³/mol. The normalized spacial score (nSPS) is 25.8. The average molecular weight is 196 g/mol. The van der Waals surface area contributed by atoms with Gasteiger partial charge >= 0.3 is 0 Å². The molecule has 0 spiro atoms. The summed E-state index contributed by atoms with van der Waals surface area (Å²) in [5.41, 5.74) is 1.56. The molecule has 0 saturated heterocycles. The highest BCUT2D eigenvalue weighted by molar-refractivity contribution is 6.76. The monoisotopic (exact) mass is 196 g/mol. The van der Waals surface area contributed by atoms with Gasteiger partial charge in [-0.05, 0) is 25.2 Å². The van der Waals surface area contributed by atoms with Gasteiger partial charge in [0.1, 0.15) is 0 Å². The fourth-order valence-electron chi connectivity index (χ4n) is 2.31. The Morgan fingerprint density at radius 3 is 2.54 bits per heavy atom. The van der Waals surface area contributed by atoms with Crippen LogP contribution in [-0.2, 0) is 0 Å². The number of rotatable bonds is 2. The first kappa shape index (κ1) is 11.0. The number of allylic oxidation sites excluding steroid dienone is 1. The summed E-state index contributed by atoms with van der Waals surface area (Å²) in [6.45, 7) is 11.7. The second kappa shape index (κ2) is 4.45. The Labute approximate surface area is 84.4 Å². The molecule has 1 rings (SSSR count). The lowest BCUT2D eigenvalue weighted by Crippen LogP contribution is -2.24. The Kier molecular flexibility index (Phi) is 3.78. The number of hydrogen-bond donors (Lipinski definition) is 0. The van der Waals surface area contributed by atoms with Crippen molar-refractivity contribution in [3.8, 4) is 0 Å². The van der Waals surface area contributed by atoms with Crippen molar-refractivity contribution in [2.75, 3.05) is 0 Å². The van der Waals surface area contributed by atoms with Crippen LogP contribution in [0.5, 0.6) is 0 Å². The van der Waals surface area contributed by atoms with Crippen molar-refractivity contribution in [2.24, 2.45) is 5.92 Å². The van der Waals surface area contributed by atoms with Crippen LogP contribution in [0.1, 0.15) is 32.1 Å². The predicted octanol–water partition coefficient (Wildman–Crippen LogP) is 4.46. The third-order valence-corrected chi connectivity index (χ3v) is 4.70. The molecule has 1 atom stereocenters. The summed E-state index contributed by atoms with van der Waals surface area (Å²) < 4.78 is 0. The van der Waals surface area contributed by atoms with Crippen LogP contribution in [0.25, 0.3) is 0 Å². The summed E-state index contributed by atoms with van der Waals surface area (Å²) in [5.74, 6) is 0.870. The summed E-state index contributed by atoms with van der Waals surface area (Å²) in [7, 11) is -0.870. The van der Waals surface area contributed by atoms with Crippen LogP contribution < -0.4 is 0 Å². The molecule has 1 saturated carbocycles. The maximum atomic E-state index is 4.26. The Bertz CT molecular complexity index is 176. The third kappa shape index (κ3) is 4.12. The van der Waals surface area contributed by atoms with E-state index in [0.29, 0.717) is 0 Å². The highest BCUT2D eigenvalue weighted by Crippen LogP contribution is 2.32. The molecule has 1 aliphatic rings. The summed E-state index contributed by atoms with van der Waals surface area (Å²) in [6, 6.07) is 1.46. The minimum absolute atomic E-state index is 0.870. The second-order valence-corrected chi connectivity index (χ2v) is 11.2. The molecule has 0 unspecified atom stereocenters. The molecular formula is C12H24Si. The van der Waals surface area contributed by atoms with Crippen LogP contribution >= 0.6 is 0 Å². The summed E-state index contributed by atoms with van der Waals surface area (Å²) in [4.78, 5) is 0. The molecule has 0 heterocycles. The Morgan fingerprint density at radius 2 is 1.92 bits per heavy atom. The van der Waals surface area contributed by atoms with Gasteiger partial charge in [-0.1, -0.05) is 50.7 Å². The maximum absolute atomic E-state index is 4.26. The van der Waals surface area contributed by atoms with Crippen LogP contribution in [0.4, 0.5) is 0 Å². The standard InChI is InChI=1S/C12H24Si/c1-11-8-6-5-7-9-12(11)10-13(2,3)4/h12H,1,5-10H2,2-4H3/t12-/m1/s1. The molecule has 13 heavy (non-hydrogen) atoms. The van der Waals surface area contributed by atoms with Crippen LogP contribution in [0, 0.1) is 5.92 Å². The first-order valence-corrected chi connectivity index (χ1v) is 9.37. The van der Waals surface area contributed by atoms with Gasteiger partial charge in [-0.2, -0.15) is 0 Å². The van der Waals surface area contributed by atoms with Gasteiger partial charge < -0.3 is 0 Å². The molecule has 0 aromatic rings. The zero-order chi connectivity index (χ0) is 9.90.